The van der Waals surface area contributed by atoms with Crippen molar-refractivity contribution in [2.75, 3.05) is 6.61 Å². The van der Waals surface area contributed by atoms with Gasteiger partial charge < -0.3 is 43.0 Å². The second kappa shape index (κ2) is 16.8. The molecule has 0 aromatic carbocycles. The summed E-state index contributed by atoms with van der Waals surface area (Å²) in [7, 11) is 0. The molecule has 0 bridgehead atoms. The zero-order chi connectivity index (χ0) is 47.0. The van der Waals surface area contributed by atoms with E-state index in [1.807, 2.05) is 6.92 Å². The van der Waals surface area contributed by atoms with E-state index in [2.05, 4.69) is 33.8 Å². The highest BCUT2D eigenvalue weighted by Crippen LogP contribution is 2.88. The van der Waals surface area contributed by atoms with Crippen molar-refractivity contribution in [2.45, 2.75) is 190 Å². The van der Waals surface area contributed by atoms with Gasteiger partial charge in [-0.15, -0.1) is 0 Å². The highest BCUT2D eigenvalue weighted by atomic mass is 16.7. The lowest BCUT2D eigenvalue weighted by atomic mass is 9.44. The van der Waals surface area contributed by atoms with E-state index in [0.717, 1.165) is 24.8 Å². The lowest BCUT2D eigenvalue weighted by molar-refractivity contribution is -0.306. The Labute approximate surface area is 370 Å². The molecule has 63 heavy (non-hydrogen) atoms. The van der Waals surface area contributed by atoms with Crippen molar-refractivity contribution in [3.05, 3.63) is 11.6 Å². The van der Waals surface area contributed by atoms with Crippen LogP contribution in [0.15, 0.2) is 11.6 Å². The smallest absolute Gasteiger partial charge is 0.303 e. The molecule has 2 spiro atoms. The number of carbonyl (C=O) groups is 7. The van der Waals surface area contributed by atoms with E-state index < -0.39 is 112 Å². The third-order valence-electron chi connectivity index (χ3n) is 16.1. The van der Waals surface area contributed by atoms with Crippen LogP contribution in [0.25, 0.3) is 0 Å². The molecule has 352 valence electrons. The maximum atomic E-state index is 15.0. The zero-order valence-electron chi connectivity index (χ0n) is 39.2. The lowest BCUT2D eigenvalue weighted by Gasteiger charge is -2.60. The maximum absolute atomic E-state index is 15.0. The second-order valence-corrected chi connectivity index (χ2v) is 20.8. The number of aliphatic hydroxyl groups is 1. The summed E-state index contributed by atoms with van der Waals surface area (Å²) < 4.78 is 46.9. The Morgan fingerprint density at radius 3 is 1.95 bits per heavy atom. The fourth-order valence-corrected chi connectivity index (χ4v) is 13.7. The van der Waals surface area contributed by atoms with E-state index in [4.69, 9.17) is 37.9 Å². The Bertz CT molecular complexity index is 1910. The fraction of sp³-hybridized carbons (Fsp3) is 0.809. The summed E-state index contributed by atoms with van der Waals surface area (Å²) in [6.07, 6.45) is -1.50. The van der Waals surface area contributed by atoms with Crippen LogP contribution in [0.2, 0.25) is 0 Å². The van der Waals surface area contributed by atoms with Crippen LogP contribution in [0.4, 0.5) is 0 Å². The van der Waals surface area contributed by atoms with Crippen LogP contribution >= 0.6 is 0 Å². The molecule has 0 unspecified atom stereocenters. The van der Waals surface area contributed by atoms with Gasteiger partial charge in [0.05, 0.1) is 18.3 Å². The predicted octanol–water partition coefficient (Wildman–Crippen LogP) is 5.26. The van der Waals surface area contributed by atoms with Gasteiger partial charge in [0.15, 0.2) is 42.6 Å². The zero-order valence-corrected chi connectivity index (χ0v) is 39.2. The average molecular weight is 889 g/mol. The van der Waals surface area contributed by atoms with Gasteiger partial charge in [-0.2, -0.15) is 0 Å². The Morgan fingerprint density at radius 2 is 1.40 bits per heavy atom. The van der Waals surface area contributed by atoms with Crippen molar-refractivity contribution in [3.63, 3.8) is 0 Å². The van der Waals surface area contributed by atoms with Gasteiger partial charge in [-0.3, -0.25) is 33.6 Å². The summed E-state index contributed by atoms with van der Waals surface area (Å²) in [5, 5.41) is 11.1. The number of fused-ring (bicyclic) bond motifs is 2. The molecule has 4 saturated carbocycles. The Kier molecular flexibility index (Phi) is 13.0. The Hall–Kier alpha value is -3.89. The third-order valence-corrected chi connectivity index (χ3v) is 16.1. The standard InChI is InChI=1S/C47H68O16/c1-23(20-30(57-24(2)48)39(43(10,11)55)61-28(6)52)35-36(54)40(62-29(7)53)45(13)33-15-14-32-42(8,9)34(16-17-46(32)22-47(33,46)19-18-44(35,45)12)63-41-38(60-27(5)51)37(59-26(4)50)31(21-56-41)58-25(3)49/h15,23,30-32,34-35,37-41,55H,14,16-22H2,1-13H3/t23-,30-,31-,32+,34+,35+,37+,38-,39-,40+,41+,44-,45-,46-,47+/m1/s1. The molecule has 0 aromatic rings. The minimum atomic E-state index is -1.59. The number of hydrogen-bond donors (Lipinski definition) is 1. The van der Waals surface area contributed by atoms with Crippen LogP contribution in [0.3, 0.4) is 0 Å². The Morgan fingerprint density at radius 1 is 0.810 bits per heavy atom. The number of allylic oxidation sites excluding steroid dienone is 1. The second-order valence-electron chi connectivity index (χ2n) is 20.8. The van der Waals surface area contributed by atoms with Crippen molar-refractivity contribution in [2.24, 2.45) is 44.8 Å². The maximum Gasteiger partial charge on any atom is 0.303 e. The quantitative estimate of drug-likeness (QED) is 0.142. The van der Waals surface area contributed by atoms with Crippen LogP contribution in [0, 0.1) is 44.8 Å². The number of ether oxygens (including phenoxy) is 8. The van der Waals surface area contributed by atoms with E-state index in [1.54, 1.807) is 0 Å². The SMILES string of the molecule is CC(=O)O[C@@H]1[C@@H](OC(C)=O)[C@H](O[C@H]2CC[C@]34C[C@]35CC[C@]3(C)[C@@H]([C@H](C)C[C@@H](OC(C)=O)[C@@H](OC(C)=O)C(C)(C)O)C(=O)[C@H](OC(C)=O)[C@@]3(C)C5=CC[C@H]4C2(C)C)OC[C@H]1OC(C)=O. The van der Waals surface area contributed by atoms with Gasteiger partial charge in [-0.25, -0.2) is 0 Å². The largest absolute Gasteiger partial charge is 0.458 e. The normalized spacial score (nSPS) is 39.0. The average Bonchev–Trinajstić information content (AvgIpc) is 3.77. The van der Waals surface area contributed by atoms with Crippen molar-refractivity contribution in [1.82, 2.24) is 0 Å². The van der Waals surface area contributed by atoms with Crippen LogP contribution in [-0.2, 0) is 71.5 Å². The first-order valence-corrected chi connectivity index (χ1v) is 22.3. The summed E-state index contributed by atoms with van der Waals surface area (Å²) in [6, 6.07) is 0. The molecule has 0 amide bonds. The minimum absolute atomic E-state index is 0.0945. The van der Waals surface area contributed by atoms with E-state index in [1.165, 1.54) is 55.4 Å². The molecule has 0 radical (unpaired) electrons. The summed E-state index contributed by atoms with van der Waals surface area (Å²) in [6.45, 7) is 20.7. The van der Waals surface area contributed by atoms with Gasteiger partial charge in [0.1, 0.15) is 6.10 Å². The lowest BCUT2D eigenvalue weighted by Crippen LogP contribution is -2.60. The summed E-state index contributed by atoms with van der Waals surface area (Å²) >= 11 is 0. The van der Waals surface area contributed by atoms with Crippen molar-refractivity contribution in [1.29, 1.82) is 0 Å². The van der Waals surface area contributed by atoms with Crippen LogP contribution in [0.5, 0.6) is 0 Å². The summed E-state index contributed by atoms with van der Waals surface area (Å²) in [4.78, 5) is 89.2. The molecule has 16 heteroatoms. The molecule has 5 fully saturated rings. The van der Waals surface area contributed by atoms with Gasteiger partial charge in [-0.05, 0) is 92.3 Å². The molecule has 6 rings (SSSR count). The van der Waals surface area contributed by atoms with E-state index in [-0.39, 0.29) is 41.7 Å². The Balaban J connectivity index is 1.32. The molecule has 1 N–H and O–H groups in total. The third kappa shape index (κ3) is 8.23. The van der Waals surface area contributed by atoms with Crippen LogP contribution in [-0.4, -0.2) is 108 Å². The molecular formula is C47H68O16. The molecular weight excluding hydrogens is 821 g/mol. The number of Topliss-reactive ketones (excluding diaryl/α,β-unsaturated/α-hetero) is 1. The van der Waals surface area contributed by atoms with Crippen LogP contribution in [0.1, 0.15) is 135 Å². The van der Waals surface area contributed by atoms with Crippen molar-refractivity contribution < 1.29 is 76.6 Å². The molecule has 0 aromatic heterocycles. The minimum Gasteiger partial charge on any atom is -0.458 e. The van der Waals surface area contributed by atoms with E-state index in [0.29, 0.717) is 19.3 Å². The first-order chi connectivity index (χ1) is 29.1. The van der Waals surface area contributed by atoms with Crippen molar-refractivity contribution >= 4 is 41.6 Å². The van der Waals surface area contributed by atoms with E-state index >= 15 is 4.79 Å². The topological polar surface area (TPSA) is 214 Å². The molecule has 1 aliphatic heterocycles. The molecule has 1 saturated heterocycles. The van der Waals surface area contributed by atoms with Gasteiger partial charge in [0.2, 0.25) is 0 Å². The number of ketones is 1. The summed E-state index contributed by atoms with van der Waals surface area (Å²) in [5.74, 6) is -4.95. The molecule has 5 aliphatic carbocycles. The number of rotatable bonds is 13. The number of carbonyl (C=O) groups excluding carboxylic acids is 7. The number of hydrogen-bond acceptors (Lipinski definition) is 16. The van der Waals surface area contributed by atoms with Gasteiger partial charge in [0, 0.05) is 52.9 Å². The van der Waals surface area contributed by atoms with Crippen molar-refractivity contribution in [3.8, 4) is 0 Å². The highest BCUT2D eigenvalue weighted by Gasteiger charge is 2.83. The van der Waals surface area contributed by atoms with Crippen LogP contribution < -0.4 is 0 Å². The van der Waals surface area contributed by atoms with Gasteiger partial charge >= 0.3 is 35.8 Å². The predicted molar refractivity (Wildman–Crippen MR) is 221 cm³/mol. The molecule has 15 atom stereocenters. The molecule has 1 heterocycles. The molecule has 6 aliphatic rings. The monoisotopic (exact) mass is 888 g/mol. The first kappa shape index (κ1) is 48.6. The van der Waals surface area contributed by atoms with Gasteiger partial charge in [0.25, 0.3) is 0 Å². The van der Waals surface area contributed by atoms with Gasteiger partial charge in [-0.1, -0.05) is 46.3 Å². The fourth-order valence-electron chi connectivity index (χ4n) is 13.7. The summed E-state index contributed by atoms with van der Waals surface area (Å²) in [5.41, 5.74) is -2.92. The first-order valence-electron chi connectivity index (χ1n) is 22.3. The van der Waals surface area contributed by atoms with E-state index in [9.17, 15) is 33.9 Å². The highest BCUT2D eigenvalue weighted by molar-refractivity contribution is 5.93. The molecule has 16 nitrogen and oxygen atoms in total. The number of esters is 6.